The summed E-state index contributed by atoms with van der Waals surface area (Å²) in [7, 11) is 1.56. The molecule has 4 heterocycles. The lowest BCUT2D eigenvalue weighted by Gasteiger charge is -2.31. The number of nitrogens with two attached hydrogens (primary N) is 1. The average molecular weight is 525 g/mol. The van der Waals surface area contributed by atoms with Crippen molar-refractivity contribution in [3.05, 3.63) is 74.8 Å². The number of fused-ring (bicyclic) bond motifs is 3. The van der Waals surface area contributed by atoms with E-state index in [0.29, 0.717) is 43.0 Å². The van der Waals surface area contributed by atoms with E-state index in [4.69, 9.17) is 5.73 Å². The number of allylic oxidation sites excluding steroid dienone is 1. The zero-order chi connectivity index (χ0) is 27.0. The number of aromatic amines is 1. The molecule has 38 heavy (non-hydrogen) atoms. The van der Waals surface area contributed by atoms with E-state index in [9.17, 15) is 22.8 Å². The van der Waals surface area contributed by atoms with Crippen LogP contribution in [0.3, 0.4) is 0 Å². The first-order chi connectivity index (χ1) is 18.2. The average Bonchev–Trinajstić information content (AvgIpc) is 2.91. The number of aromatic nitrogens is 4. The van der Waals surface area contributed by atoms with Gasteiger partial charge in [0.15, 0.2) is 0 Å². The van der Waals surface area contributed by atoms with Crippen molar-refractivity contribution in [2.45, 2.75) is 6.18 Å². The number of alkyl halides is 3. The fraction of sp³-hybridized carbons (Fsp3) is 0.240. The van der Waals surface area contributed by atoms with E-state index in [1.807, 2.05) is 0 Å². The van der Waals surface area contributed by atoms with Crippen LogP contribution in [0.25, 0.3) is 33.2 Å². The van der Waals surface area contributed by atoms with E-state index < -0.39 is 23.0 Å². The van der Waals surface area contributed by atoms with Gasteiger partial charge in [-0.1, -0.05) is 0 Å². The van der Waals surface area contributed by atoms with Crippen LogP contribution in [0, 0.1) is 0 Å². The van der Waals surface area contributed by atoms with Crippen LogP contribution >= 0.6 is 0 Å². The lowest BCUT2D eigenvalue weighted by Crippen LogP contribution is -2.44. The van der Waals surface area contributed by atoms with E-state index in [-0.39, 0.29) is 27.8 Å². The number of hydrogen-bond acceptors (Lipinski definition) is 8. The van der Waals surface area contributed by atoms with Crippen molar-refractivity contribution in [2.75, 3.05) is 38.1 Å². The lowest BCUT2D eigenvalue weighted by atomic mass is 10.1. The summed E-state index contributed by atoms with van der Waals surface area (Å²) >= 11 is 0. The van der Waals surface area contributed by atoms with Crippen LogP contribution < -0.4 is 27.2 Å². The molecule has 1 aromatic carbocycles. The van der Waals surface area contributed by atoms with Crippen LogP contribution in [0.5, 0.6) is 0 Å². The quantitative estimate of drug-likeness (QED) is 0.275. The minimum atomic E-state index is -4.69. The molecule has 0 unspecified atom stereocenters. The normalized spacial score (nSPS) is 15.2. The summed E-state index contributed by atoms with van der Waals surface area (Å²) in [6.45, 7) is 1.92. The van der Waals surface area contributed by atoms with Gasteiger partial charge < -0.3 is 16.0 Å². The molecule has 0 saturated carbocycles. The van der Waals surface area contributed by atoms with Crippen LogP contribution in [0.4, 0.5) is 18.9 Å². The third-order valence-electron chi connectivity index (χ3n) is 6.32. The lowest BCUT2D eigenvalue weighted by molar-refractivity contribution is -0.137. The maximum absolute atomic E-state index is 14.2. The molecule has 0 aliphatic carbocycles. The number of halogens is 3. The fourth-order valence-corrected chi connectivity index (χ4v) is 4.58. The van der Waals surface area contributed by atoms with Gasteiger partial charge >= 0.3 is 11.9 Å². The third-order valence-corrected chi connectivity index (χ3v) is 6.32. The molecule has 1 aliphatic heterocycles. The Morgan fingerprint density at radius 2 is 1.92 bits per heavy atom. The molecule has 5 rings (SSSR count). The van der Waals surface area contributed by atoms with Gasteiger partial charge in [0.25, 0.3) is 5.56 Å². The summed E-state index contributed by atoms with van der Waals surface area (Å²) in [5.41, 5.74) is 4.48. The van der Waals surface area contributed by atoms with Crippen molar-refractivity contribution in [3.8, 4) is 5.69 Å². The zero-order valence-corrected chi connectivity index (χ0v) is 20.2. The van der Waals surface area contributed by atoms with E-state index >= 15 is 0 Å². The Kier molecular flexibility index (Phi) is 6.45. The maximum atomic E-state index is 14.2. The maximum Gasteiger partial charge on any atom is 0.418 e. The summed E-state index contributed by atoms with van der Waals surface area (Å²) in [6, 6.07) is 6.95. The van der Waals surface area contributed by atoms with Gasteiger partial charge in [-0.2, -0.15) is 13.2 Å². The van der Waals surface area contributed by atoms with Crippen LogP contribution in [-0.4, -0.2) is 59.0 Å². The number of nitrogens with one attached hydrogen (secondary N) is 2. The second-order valence-electron chi connectivity index (χ2n) is 8.62. The van der Waals surface area contributed by atoms with Gasteiger partial charge in [0.1, 0.15) is 5.52 Å². The molecular formula is C25H23F3N8O2. The Morgan fingerprint density at radius 1 is 1.16 bits per heavy atom. The van der Waals surface area contributed by atoms with Crippen molar-refractivity contribution in [1.82, 2.24) is 24.8 Å². The molecule has 1 saturated heterocycles. The highest BCUT2D eigenvalue weighted by molar-refractivity contribution is 6.10. The molecule has 0 spiro atoms. The van der Waals surface area contributed by atoms with E-state index in [1.54, 1.807) is 24.1 Å². The molecule has 0 radical (unpaired) electrons. The molecule has 4 N–H and O–H groups in total. The molecule has 196 valence electrons. The van der Waals surface area contributed by atoms with Gasteiger partial charge in [-0.3, -0.25) is 24.3 Å². The Hall–Kier alpha value is -4.52. The van der Waals surface area contributed by atoms with Crippen molar-refractivity contribution >= 4 is 39.4 Å². The first kappa shape index (κ1) is 25.1. The van der Waals surface area contributed by atoms with Crippen LogP contribution in [-0.2, 0) is 6.18 Å². The molecule has 4 aromatic rings. The van der Waals surface area contributed by atoms with Crippen molar-refractivity contribution < 1.29 is 13.2 Å². The predicted octanol–water partition coefficient (Wildman–Crippen LogP) is 2.05. The second-order valence-corrected chi connectivity index (χ2v) is 8.62. The minimum Gasteiger partial charge on any atom is -0.404 e. The molecule has 10 nitrogen and oxygen atoms in total. The molecule has 0 amide bonds. The highest BCUT2D eigenvalue weighted by Gasteiger charge is 2.36. The number of rotatable bonds is 4. The molecule has 0 bridgehead atoms. The summed E-state index contributed by atoms with van der Waals surface area (Å²) in [5.74, 6) is 0. The van der Waals surface area contributed by atoms with Gasteiger partial charge in [-0.15, -0.1) is 0 Å². The van der Waals surface area contributed by atoms with Crippen molar-refractivity contribution in [1.29, 1.82) is 0 Å². The molecule has 1 fully saturated rings. The number of aliphatic imine (C=N–C) groups is 1. The summed E-state index contributed by atoms with van der Waals surface area (Å²) in [5, 5.41) is 3.11. The standard InChI is InChI=1S/C25H23F3N8O2/c1-30-12-14(11-29)18-3-4-19-21(33-18)22-16(13-32-19)23(37)34-24(38)36(22)15-2-5-20(17(10-15)25(26,27)28)35-8-6-31-7-9-35/h2-5,10-13,31H,6-9,29H2,1H3,(H,34,37,38). The highest BCUT2D eigenvalue weighted by atomic mass is 19.4. The fourth-order valence-electron chi connectivity index (χ4n) is 4.58. The number of anilines is 1. The van der Waals surface area contributed by atoms with Crippen molar-refractivity contribution in [2.24, 2.45) is 10.7 Å². The Bertz CT molecular complexity index is 1720. The molecule has 3 aromatic heterocycles. The number of hydrogen-bond donors (Lipinski definition) is 3. The van der Waals surface area contributed by atoms with Gasteiger partial charge in [0.05, 0.1) is 33.4 Å². The minimum absolute atomic E-state index is 0.0103. The Balaban J connectivity index is 1.83. The largest absolute Gasteiger partial charge is 0.418 e. The monoisotopic (exact) mass is 524 g/mol. The van der Waals surface area contributed by atoms with Crippen molar-refractivity contribution in [3.63, 3.8) is 0 Å². The number of H-pyrrole nitrogens is 1. The Morgan fingerprint density at radius 3 is 2.61 bits per heavy atom. The summed E-state index contributed by atoms with van der Waals surface area (Å²) < 4.78 is 43.8. The number of benzene rings is 1. The van der Waals surface area contributed by atoms with E-state index in [2.05, 4.69) is 25.3 Å². The molecule has 13 heteroatoms. The van der Waals surface area contributed by atoms with E-state index in [0.717, 1.165) is 10.6 Å². The summed E-state index contributed by atoms with van der Waals surface area (Å²) in [4.78, 5) is 42.5. The van der Waals surface area contributed by atoms with Gasteiger partial charge in [0, 0.05) is 63.1 Å². The second kappa shape index (κ2) is 9.74. The molecule has 0 atom stereocenters. The number of nitrogens with zero attached hydrogens (tertiary/aromatic N) is 5. The topological polar surface area (TPSA) is 134 Å². The zero-order valence-electron chi connectivity index (χ0n) is 20.2. The first-order valence-corrected chi connectivity index (χ1v) is 11.7. The van der Waals surface area contributed by atoms with E-state index in [1.165, 1.54) is 30.7 Å². The van der Waals surface area contributed by atoms with Crippen LogP contribution in [0.15, 0.2) is 57.3 Å². The first-order valence-electron chi connectivity index (χ1n) is 11.7. The number of pyridine rings is 2. The predicted molar refractivity (Wildman–Crippen MR) is 140 cm³/mol. The molecule has 1 aliphatic rings. The third kappa shape index (κ3) is 4.41. The van der Waals surface area contributed by atoms with Gasteiger partial charge in [0.2, 0.25) is 0 Å². The smallest absolute Gasteiger partial charge is 0.404 e. The SMILES string of the molecule is CN=CC(=CN)c1ccc2ncc3c(=O)[nH]c(=O)n(-c4ccc(N5CCNCC5)c(C(F)(F)F)c4)c3c2n1. The van der Waals surface area contributed by atoms with Crippen LogP contribution in [0.2, 0.25) is 0 Å². The summed E-state index contributed by atoms with van der Waals surface area (Å²) in [6.07, 6.45) is -0.644. The van der Waals surface area contributed by atoms with Gasteiger partial charge in [-0.25, -0.2) is 9.78 Å². The highest BCUT2D eigenvalue weighted by Crippen LogP contribution is 2.38. The van der Waals surface area contributed by atoms with Gasteiger partial charge in [-0.05, 0) is 30.3 Å². The Labute approximate surface area is 213 Å². The van der Waals surface area contributed by atoms with Crippen LogP contribution in [0.1, 0.15) is 11.3 Å². The number of piperazine rings is 1. The molecular weight excluding hydrogens is 501 g/mol.